The number of fused-ring (bicyclic) bond motifs is 1. The summed E-state index contributed by atoms with van der Waals surface area (Å²) in [6, 6.07) is 0. The van der Waals surface area contributed by atoms with Crippen LogP contribution >= 0.6 is 7.82 Å². The van der Waals surface area contributed by atoms with Gasteiger partial charge in [-0.2, -0.15) is 0 Å². The minimum Gasteiger partial charge on any atom is -0.382 e. The van der Waals surface area contributed by atoms with Crippen molar-refractivity contribution in [2.24, 2.45) is 0 Å². The third-order valence-corrected chi connectivity index (χ3v) is 4.38. The second-order valence-corrected chi connectivity index (χ2v) is 6.49. The maximum atomic E-state index is 14.3. The fourth-order valence-electron chi connectivity index (χ4n) is 2.34. The third-order valence-electron chi connectivity index (χ3n) is 3.44. The van der Waals surface area contributed by atoms with Crippen LogP contribution in [-0.2, 0) is 18.3 Å². The Bertz CT molecular complexity index is 757. The largest absolute Gasteiger partial charge is 0.472 e. The Kier molecular flexibility index (Phi) is 4.30. The molecule has 0 saturated carbocycles. The molecule has 0 amide bonds. The van der Waals surface area contributed by atoms with Gasteiger partial charge >= 0.3 is 7.82 Å². The number of rotatable bonds is 5. The molecule has 2 aromatic heterocycles. The molecule has 0 aromatic carbocycles. The van der Waals surface area contributed by atoms with Crippen LogP contribution in [-0.4, -0.2) is 50.4 Å². The number of hydrogen-bond acceptors (Lipinski definition) is 8. The van der Waals surface area contributed by atoms with E-state index < -0.39 is 26.3 Å². The molecule has 1 aliphatic rings. The molecule has 126 valence electrons. The third kappa shape index (κ3) is 3.19. The number of hydrogen-bond donors (Lipinski definition) is 2. The van der Waals surface area contributed by atoms with Crippen LogP contribution in [0.5, 0.6) is 0 Å². The Hall–Kier alpha value is -1.65. The average molecular weight is 347 g/mol. The Labute approximate surface area is 130 Å². The predicted molar refractivity (Wildman–Crippen MR) is 75.9 cm³/mol. The van der Waals surface area contributed by atoms with Gasteiger partial charge in [0.25, 0.3) is 0 Å². The lowest BCUT2D eigenvalue weighted by atomic mass is 10.2. The fraction of sp³-hybridized carbons (Fsp3) is 0.545. The highest BCUT2D eigenvalue weighted by Gasteiger charge is 2.39. The standard InChI is InChI=1S/C11H15FN5O5P/c1-20-23(18,19)21-3-6-2-7(12)11(22-6)17-5-16-8-9(13)14-4-15-10(8)17/h4-7,11H,2-3H2,1H3,(H,18,19)(H2,13,14,15)/t6-,7+,11+/m0/s1. The smallest absolute Gasteiger partial charge is 0.382 e. The number of halogens is 1. The number of nitrogens with zero attached hydrogens (tertiary/aromatic N) is 4. The van der Waals surface area contributed by atoms with Gasteiger partial charge in [-0.15, -0.1) is 0 Å². The first-order valence-corrected chi connectivity index (χ1v) is 8.16. The van der Waals surface area contributed by atoms with Crippen LogP contribution < -0.4 is 5.73 Å². The number of ether oxygens (including phenoxy) is 1. The van der Waals surface area contributed by atoms with Crippen molar-refractivity contribution in [2.75, 3.05) is 19.5 Å². The summed E-state index contributed by atoms with van der Waals surface area (Å²) in [6.07, 6.45) is -0.445. The second-order valence-electron chi connectivity index (χ2n) is 4.93. The minimum absolute atomic E-state index is 0.00534. The van der Waals surface area contributed by atoms with Crippen molar-refractivity contribution < 1.29 is 27.6 Å². The van der Waals surface area contributed by atoms with Gasteiger partial charge in [0.05, 0.1) is 19.0 Å². The Morgan fingerprint density at radius 2 is 2.35 bits per heavy atom. The summed E-state index contributed by atoms with van der Waals surface area (Å²) in [5.74, 6) is 0.184. The summed E-state index contributed by atoms with van der Waals surface area (Å²) < 4.78 is 41.5. The van der Waals surface area contributed by atoms with E-state index in [1.807, 2.05) is 0 Å². The second kappa shape index (κ2) is 6.10. The van der Waals surface area contributed by atoms with Gasteiger partial charge in [-0.3, -0.25) is 13.6 Å². The predicted octanol–water partition coefficient (Wildman–Crippen LogP) is 0.797. The highest BCUT2D eigenvalue weighted by atomic mass is 31.2. The normalized spacial score (nSPS) is 27.3. The van der Waals surface area contributed by atoms with Gasteiger partial charge in [0.15, 0.2) is 17.7 Å². The SMILES string of the molecule is COP(=O)(O)OC[C@@H]1C[C@@H](F)[C@H](n2cnc3c(N)ncnc32)O1. The van der Waals surface area contributed by atoms with Crippen LogP contribution in [0.15, 0.2) is 12.7 Å². The van der Waals surface area contributed by atoms with E-state index in [9.17, 15) is 13.8 Å². The molecule has 1 fully saturated rings. The molecular weight excluding hydrogens is 332 g/mol. The van der Waals surface area contributed by atoms with Crippen molar-refractivity contribution >= 4 is 24.8 Å². The van der Waals surface area contributed by atoms with E-state index in [2.05, 4.69) is 19.5 Å². The lowest BCUT2D eigenvalue weighted by Gasteiger charge is -2.16. The number of nitrogens with two attached hydrogens (primary N) is 1. The first kappa shape index (κ1) is 16.2. The molecule has 0 spiro atoms. The van der Waals surface area contributed by atoms with Crippen molar-refractivity contribution in [3.63, 3.8) is 0 Å². The van der Waals surface area contributed by atoms with Crippen LogP contribution in [0.2, 0.25) is 0 Å². The maximum absolute atomic E-state index is 14.3. The summed E-state index contributed by atoms with van der Waals surface area (Å²) >= 11 is 0. The number of nitrogen functional groups attached to an aromatic ring is 1. The number of alkyl halides is 1. The zero-order chi connectivity index (χ0) is 16.6. The Morgan fingerprint density at radius 1 is 1.57 bits per heavy atom. The molecule has 0 radical (unpaired) electrons. The monoisotopic (exact) mass is 347 g/mol. The zero-order valence-electron chi connectivity index (χ0n) is 12.1. The van der Waals surface area contributed by atoms with Crippen molar-refractivity contribution in [1.82, 2.24) is 19.5 Å². The molecule has 3 N–H and O–H groups in total. The zero-order valence-corrected chi connectivity index (χ0v) is 13.0. The summed E-state index contributed by atoms with van der Waals surface area (Å²) in [4.78, 5) is 21.1. The van der Waals surface area contributed by atoms with E-state index in [1.54, 1.807) is 0 Å². The van der Waals surface area contributed by atoms with E-state index in [0.29, 0.717) is 11.2 Å². The van der Waals surface area contributed by atoms with Crippen LogP contribution in [0.1, 0.15) is 12.6 Å². The van der Waals surface area contributed by atoms with Gasteiger partial charge in [0, 0.05) is 13.5 Å². The molecule has 1 unspecified atom stereocenters. The van der Waals surface area contributed by atoms with E-state index in [4.69, 9.17) is 15.0 Å². The maximum Gasteiger partial charge on any atom is 0.472 e. The van der Waals surface area contributed by atoms with Gasteiger partial charge < -0.3 is 15.4 Å². The van der Waals surface area contributed by atoms with E-state index in [1.165, 1.54) is 17.2 Å². The van der Waals surface area contributed by atoms with Gasteiger partial charge in [0.2, 0.25) is 0 Å². The number of phosphoric acid groups is 1. The van der Waals surface area contributed by atoms with Gasteiger partial charge in [-0.05, 0) is 0 Å². The van der Waals surface area contributed by atoms with E-state index in [-0.39, 0.29) is 18.8 Å². The summed E-state index contributed by atoms with van der Waals surface area (Å²) in [6.45, 7) is -0.276. The lowest BCUT2D eigenvalue weighted by Crippen LogP contribution is -2.17. The molecule has 3 rings (SSSR count). The van der Waals surface area contributed by atoms with Gasteiger partial charge in [-0.1, -0.05) is 0 Å². The van der Waals surface area contributed by atoms with Gasteiger partial charge in [-0.25, -0.2) is 23.9 Å². The summed E-state index contributed by atoms with van der Waals surface area (Å²) in [5.41, 5.74) is 6.38. The molecule has 0 aliphatic carbocycles. The molecular formula is C11H15FN5O5P. The molecule has 3 heterocycles. The minimum atomic E-state index is -4.13. The molecule has 10 nitrogen and oxygen atoms in total. The Morgan fingerprint density at radius 3 is 3.09 bits per heavy atom. The van der Waals surface area contributed by atoms with Crippen molar-refractivity contribution in [3.05, 3.63) is 12.7 Å². The molecule has 4 atom stereocenters. The Balaban J connectivity index is 1.76. The molecule has 23 heavy (non-hydrogen) atoms. The van der Waals surface area contributed by atoms with Crippen LogP contribution in [0.3, 0.4) is 0 Å². The molecule has 12 heteroatoms. The first-order valence-electron chi connectivity index (χ1n) is 6.67. The first-order chi connectivity index (χ1) is 10.9. The van der Waals surface area contributed by atoms with Crippen LogP contribution in [0.25, 0.3) is 11.2 Å². The molecule has 1 aliphatic heterocycles. The van der Waals surface area contributed by atoms with E-state index >= 15 is 0 Å². The molecule has 2 aromatic rings. The number of anilines is 1. The van der Waals surface area contributed by atoms with Crippen LogP contribution in [0.4, 0.5) is 10.2 Å². The quantitative estimate of drug-likeness (QED) is 0.753. The molecule has 0 bridgehead atoms. The number of phosphoric ester groups is 1. The van der Waals surface area contributed by atoms with E-state index in [0.717, 1.165) is 7.11 Å². The topological polar surface area (TPSA) is 135 Å². The highest BCUT2D eigenvalue weighted by Crippen LogP contribution is 2.43. The van der Waals surface area contributed by atoms with Crippen molar-refractivity contribution in [1.29, 1.82) is 0 Å². The average Bonchev–Trinajstić information content (AvgIpc) is 3.09. The number of imidazole rings is 1. The van der Waals surface area contributed by atoms with Crippen molar-refractivity contribution in [2.45, 2.75) is 24.9 Å². The molecule has 1 saturated heterocycles. The highest BCUT2D eigenvalue weighted by molar-refractivity contribution is 7.47. The number of aromatic nitrogens is 4. The lowest BCUT2D eigenvalue weighted by molar-refractivity contribution is -0.0352. The van der Waals surface area contributed by atoms with Crippen molar-refractivity contribution in [3.8, 4) is 0 Å². The van der Waals surface area contributed by atoms with Gasteiger partial charge in [0.1, 0.15) is 18.0 Å². The summed E-state index contributed by atoms with van der Waals surface area (Å²) in [5, 5.41) is 0. The summed E-state index contributed by atoms with van der Waals surface area (Å²) in [7, 11) is -3.09. The fourth-order valence-corrected chi connectivity index (χ4v) is 2.80. The van der Waals surface area contributed by atoms with Crippen LogP contribution in [0, 0.1) is 0 Å².